The second-order valence-electron chi connectivity index (χ2n) is 3.85. The molecular weight excluding hydrogens is 222 g/mol. The number of hydrogen-bond acceptors (Lipinski definition) is 1. The molecule has 0 atom stereocenters. The number of ether oxygens (including phenoxy) is 1. The summed E-state index contributed by atoms with van der Waals surface area (Å²) in [5, 5.41) is 0. The first-order valence-electron chi connectivity index (χ1n) is 5.28. The summed E-state index contributed by atoms with van der Waals surface area (Å²) in [6.45, 7) is 2.09. The average Bonchev–Trinajstić information content (AvgIpc) is 2.32. The molecule has 0 amide bonds. The zero-order chi connectivity index (χ0) is 12.3. The van der Waals surface area contributed by atoms with Crippen molar-refractivity contribution in [2.45, 2.75) is 13.5 Å². The van der Waals surface area contributed by atoms with Crippen LogP contribution in [-0.4, -0.2) is 0 Å². The summed E-state index contributed by atoms with van der Waals surface area (Å²) in [5.74, 6) is -0.470. The summed E-state index contributed by atoms with van der Waals surface area (Å²) < 4.78 is 31.4. The molecule has 17 heavy (non-hydrogen) atoms. The standard InChI is InChI=1S/C14H12F2O/c1-10-2-7-13(16)14(8-10)17-9-11-3-5-12(15)6-4-11/h2-8H,9H2,1H3. The Morgan fingerprint density at radius 2 is 1.71 bits per heavy atom. The van der Waals surface area contributed by atoms with E-state index in [1.165, 1.54) is 18.2 Å². The maximum Gasteiger partial charge on any atom is 0.165 e. The first-order chi connectivity index (χ1) is 8.15. The summed E-state index contributed by atoms with van der Waals surface area (Å²) >= 11 is 0. The molecule has 88 valence electrons. The molecule has 0 heterocycles. The maximum absolute atomic E-state index is 13.4. The third kappa shape index (κ3) is 3.03. The molecule has 1 nitrogen and oxygen atoms in total. The Labute approximate surface area is 98.7 Å². The number of aryl methyl sites for hydroxylation is 1. The summed E-state index contributed by atoms with van der Waals surface area (Å²) in [6.07, 6.45) is 0. The molecule has 0 aliphatic heterocycles. The van der Waals surface area contributed by atoms with E-state index < -0.39 is 5.82 Å². The molecule has 3 heteroatoms. The molecule has 0 fully saturated rings. The van der Waals surface area contributed by atoms with Gasteiger partial charge in [-0.05, 0) is 42.3 Å². The van der Waals surface area contributed by atoms with E-state index >= 15 is 0 Å². The van der Waals surface area contributed by atoms with E-state index in [0.29, 0.717) is 0 Å². The monoisotopic (exact) mass is 234 g/mol. The van der Waals surface area contributed by atoms with Gasteiger partial charge in [-0.25, -0.2) is 8.78 Å². The van der Waals surface area contributed by atoms with Crippen molar-refractivity contribution in [1.29, 1.82) is 0 Å². The third-order valence-corrected chi connectivity index (χ3v) is 2.39. The van der Waals surface area contributed by atoms with Crippen LogP contribution in [0.1, 0.15) is 11.1 Å². The number of benzene rings is 2. The van der Waals surface area contributed by atoms with Crippen LogP contribution in [0.25, 0.3) is 0 Å². The Hall–Kier alpha value is -1.90. The molecule has 2 aromatic rings. The van der Waals surface area contributed by atoms with E-state index in [-0.39, 0.29) is 18.2 Å². The van der Waals surface area contributed by atoms with Crippen molar-refractivity contribution in [2.24, 2.45) is 0 Å². The Kier molecular flexibility index (Phi) is 3.38. The minimum Gasteiger partial charge on any atom is -0.486 e. The van der Waals surface area contributed by atoms with Gasteiger partial charge in [0.25, 0.3) is 0 Å². The number of halogens is 2. The fourth-order valence-electron chi connectivity index (χ4n) is 1.46. The lowest BCUT2D eigenvalue weighted by Gasteiger charge is -2.08. The quantitative estimate of drug-likeness (QED) is 0.783. The molecule has 0 radical (unpaired) electrons. The van der Waals surface area contributed by atoms with Crippen LogP contribution >= 0.6 is 0 Å². The van der Waals surface area contributed by atoms with Gasteiger partial charge in [0.15, 0.2) is 11.6 Å². The summed E-state index contributed by atoms with van der Waals surface area (Å²) in [5.41, 5.74) is 1.73. The normalized spacial score (nSPS) is 10.3. The van der Waals surface area contributed by atoms with Gasteiger partial charge in [0.05, 0.1) is 0 Å². The second-order valence-corrected chi connectivity index (χ2v) is 3.85. The zero-order valence-corrected chi connectivity index (χ0v) is 9.41. The highest BCUT2D eigenvalue weighted by atomic mass is 19.1. The number of rotatable bonds is 3. The van der Waals surface area contributed by atoms with Gasteiger partial charge in [-0.2, -0.15) is 0 Å². The zero-order valence-electron chi connectivity index (χ0n) is 9.41. The summed E-state index contributed by atoms with van der Waals surface area (Å²) in [6, 6.07) is 10.6. The molecule has 2 rings (SSSR count). The Bertz CT molecular complexity index is 506. The Morgan fingerprint density at radius 3 is 2.41 bits per heavy atom. The van der Waals surface area contributed by atoms with Gasteiger partial charge in [-0.3, -0.25) is 0 Å². The first-order valence-corrected chi connectivity index (χ1v) is 5.28. The van der Waals surface area contributed by atoms with Crippen LogP contribution in [0.3, 0.4) is 0 Å². The molecule has 0 saturated carbocycles. The highest BCUT2D eigenvalue weighted by Gasteiger charge is 2.03. The van der Waals surface area contributed by atoms with Gasteiger partial charge in [-0.15, -0.1) is 0 Å². The van der Waals surface area contributed by atoms with E-state index in [9.17, 15) is 8.78 Å². The van der Waals surface area contributed by atoms with Crippen molar-refractivity contribution in [3.8, 4) is 5.75 Å². The van der Waals surface area contributed by atoms with Gasteiger partial charge < -0.3 is 4.74 Å². The topological polar surface area (TPSA) is 9.23 Å². The molecule has 0 saturated heterocycles. The van der Waals surface area contributed by atoms with E-state index in [1.54, 1.807) is 24.3 Å². The molecular formula is C14H12F2O. The molecule has 0 spiro atoms. The van der Waals surface area contributed by atoms with Crippen molar-refractivity contribution >= 4 is 0 Å². The van der Waals surface area contributed by atoms with Crippen LogP contribution in [0.4, 0.5) is 8.78 Å². The summed E-state index contributed by atoms with van der Waals surface area (Å²) in [7, 11) is 0. The predicted molar refractivity (Wildman–Crippen MR) is 61.9 cm³/mol. The lowest BCUT2D eigenvalue weighted by Crippen LogP contribution is -1.97. The van der Waals surface area contributed by atoms with Crippen molar-refractivity contribution in [2.75, 3.05) is 0 Å². The highest BCUT2D eigenvalue weighted by molar-refractivity contribution is 5.29. The van der Waals surface area contributed by atoms with Crippen molar-refractivity contribution in [1.82, 2.24) is 0 Å². The molecule has 0 unspecified atom stereocenters. The van der Waals surface area contributed by atoms with Crippen molar-refractivity contribution < 1.29 is 13.5 Å². The minimum atomic E-state index is -0.391. The van der Waals surface area contributed by atoms with Crippen molar-refractivity contribution in [3.63, 3.8) is 0 Å². The van der Waals surface area contributed by atoms with Crippen LogP contribution in [-0.2, 0) is 6.61 Å². The molecule has 0 aliphatic rings. The average molecular weight is 234 g/mol. The van der Waals surface area contributed by atoms with Gasteiger partial charge in [0, 0.05) is 0 Å². The van der Waals surface area contributed by atoms with E-state index in [2.05, 4.69) is 0 Å². The predicted octanol–water partition coefficient (Wildman–Crippen LogP) is 3.85. The van der Waals surface area contributed by atoms with E-state index in [4.69, 9.17) is 4.74 Å². The van der Waals surface area contributed by atoms with Gasteiger partial charge in [-0.1, -0.05) is 18.2 Å². The van der Waals surface area contributed by atoms with Crippen LogP contribution in [0.2, 0.25) is 0 Å². The largest absolute Gasteiger partial charge is 0.486 e. The summed E-state index contributed by atoms with van der Waals surface area (Å²) in [4.78, 5) is 0. The maximum atomic E-state index is 13.4. The molecule has 0 aromatic heterocycles. The van der Waals surface area contributed by atoms with Crippen molar-refractivity contribution in [3.05, 3.63) is 65.2 Å². The van der Waals surface area contributed by atoms with Gasteiger partial charge in [0.2, 0.25) is 0 Å². The fourth-order valence-corrected chi connectivity index (χ4v) is 1.46. The van der Waals surface area contributed by atoms with Gasteiger partial charge in [0.1, 0.15) is 12.4 Å². The second kappa shape index (κ2) is 4.95. The molecule has 0 N–H and O–H groups in total. The molecule has 0 aliphatic carbocycles. The van der Waals surface area contributed by atoms with Crippen LogP contribution in [0.15, 0.2) is 42.5 Å². The fraction of sp³-hybridized carbons (Fsp3) is 0.143. The Morgan fingerprint density at radius 1 is 1.00 bits per heavy atom. The van der Waals surface area contributed by atoms with Crippen LogP contribution in [0.5, 0.6) is 5.75 Å². The third-order valence-electron chi connectivity index (χ3n) is 2.39. The van der Waals surface area contributed by atoms with Crippen LogP contribution < -0.4 is 4.74 Å². The van der Waals surface area contributed by atoms with Crippen LogP contribution in [0, 0.1) is 18.6 Å². The molecule has 2 aromatic carbocycles. The lowest BCUT2D eigenvalue weighted by molar-refractivity contribution is 0.290. The van der Waals surface area contributed by atoms with E-state index in [1.807, 2.05) is 6.92 Å². The number of hydrogen-bond donors (Lipinski definition) is 0. The molecule has 0 bridgehead atoms. The minimum absolute atomic E-state index is 0.217. The lowest BCUT2D eigenvalue weighted by atomic mass is 10.2. The van der Waals surface area contributed by atoms with Gasteiger partial charge >= 0.3 is 0 Å². The first kappa shape index (κ1) is 11.6. The highest BCUT2D eigenvalue weighted by Crippen LogP contribution is 2.19. The van der Waals surface area contributed by atoms with E-state index in [0.717, 1.165) is 11.1 Å². The Balaban J connectivity index is 2.07. The SMILES string of the molecule is Cc1ccc(F)c(OCc2ccc(F)cc2)c1. The smallest absolute Gasteiger partial charge is 0.165 e.